The Labute approximate surface area is 194 Å². The summed E-state index contributed by atoms with van der Waals surface area (Å²) in [5.74, 6) is 1.29. The van der Waals surface area contributed by atoms with Gasteiger partial charge in [0.15, 0.2) is 0 Å². The second-order valence-electron chi connectivity index (χ2n) is 7.40. The van der Waals surface area contributed by atoms with Crippen LogP contribution in [0.4, 0.5) is 0 Å². The number of para-hydroxylation sites is 1. The molecule has 3 aromatic carbocycles. The molecule has 1 aliphatic rings. The first-order chi connectivity index (χ1) is 15.5. The highest BCUT2D eigenvalue weighted by molar-refractivity contribution is 6.42. The first-order valence-corrected chi connectivity index (χ1v) is 10.7. The second-order valence-corrected chi connectivity index (χ2v) is 8.21. The highest BCUT2D eigenvalue weighted by Crippen LogP contribution is 2.29. The topological polar surface area (TPSA) is 68.5 Å². The molecule has 0 saturated heterocycles. The summed E-state index contributed by atoms with van der Waals surface area (Å²) in [6, 6.07) is 19.8. The van der Waals surface area contributed by atoms with Crippen molar-refractivity contribution in [2.75, 3.05) is 7.11 Å². The summed E-state index contributed by atoms with van der Waals surface area (Å²) in [4.78, 5) is 18.3. The molecule has 0 spiro atoms. The predicted molar refractivity (Wildman–Crippen MR) is 127 cm³/mol. The minimum Gasteiger partial charge on any atom is -0.497 e. The van der Waals surface area contributed by atoms with Crippen molar-refractivity contribution in [3.05, 3.63) is 98.5 Å². The van der Waals surface area contributed by atoms with Crippen LogP contribution in [0.15, 0.2) is 76.6 Å². The Bertz CT molecular complexity index is 1410. The van der Waals surface area contributed by atoms with E-state index >= 15 is 0 Å². The van der Waals surface area contributed by atoms with E-state index in [-0.39, 0.29) is 11.6 Å². The van der Waals surface area contributed by atoms with Gasteiger partial charge in [0.2, 0.25) is 0 Å². The van der Waals surface area contributed by atoms with Crippen molar-refractivity contribution in [1.82, 2.24) is 15.0 Å². The maximum absolute atomic E-state index is 13.5. The van der Waals surface area contributed by atoms with E-state index in [0.29, 0.717) is 44.6 Å². The van der Waals surface area contributed by atoms with Crippen LogP contribution in [0.3, 0.4) is 0 Å². The van der Waals surface area contributed by atoms with Crippen LogP contribution < -0.4 is 15.7 Å². The summed E-state index contributed by atoms with van der Waals surface area (Å²) in [6.07, 6.45) is 0.541. The van der Waals surface area contributed by atoms with Crippen LogP contribution in [-0.4, -0.2) is 22.4 Å². The Hall–Kier alpha value is -3.35. The normalized spacial score (nSPS) is 15.5. The largest absolute Gasteiger partial charge is 0.497 e. The summed E-state index contributed by atoms with van der Waals surface area (Å²) in [6.45, 7) is 0. The molecule has 32 heavy (non-hydrogen) atoms. The molecular formula is C24H18Cl2N4O2. The Balaban J connectivity index is 1.60. The molecule has 6 nitrogen and oxygen atoms in total. The van der Waals surface area contributed by atoms with Gasteiger partial charge < -0.3 is 4.74 Å². The number of rotatable bonds is 4. The first kappa shape index (κ1) is 20.5. The summed E-state index contributed by atoms with van der Waals surface area (Å²) < 4.78 is 6.89. The van der Waals surface area contributed by atoms with Gasteiger partial charge >= 0.3 is 0 Å². The quantitative estimate of drug-likeness (QED) is 0.453. The number of hydrogen-bond donors (Lipinski definition) is 1. The Morgan fingerprint density at radius 3 is 2.56 bits per heavy atom. The monoisotopic (exact) mass is 464 g/mol. The fourth-order valence-electron chi connectivity index (χ4n) is 3.81. The van der Waals surface area contributed by atoms with E-state index < -0.39 is 0 Å². The van der Waals surface area contributed by atoms with Gasteiger partial charge in [-0.15, -0.1) is 0 Å². The van der Waals surface area contributed by atoms with Crippen molar-refractivity contribution in [3.63, 3.8) is 0 Å². The molecule has 1 atom stereocenters. The standard InChI is InChI=1S/C24H18Cl2N4O2/c1-32-16-9-7-15(8-10-16)30-23(27-20-5-3-2-4-17(20)24(30)31)22-13-21(28-29-22)14-6-11-18(25)19(26)12-14/h2-12,22,29H,13H2,1H3. The van der Waals surface area contributed by atoms with Crippen molar-refractivity contribution in [1.29, 1.82) is 0 Å². The van der Waals surface area contributed by atoms with Gasteiger partial charge in [0.05, 0.1) is 39.5 Å². The van der Waals surface area contributed by atoms with E-state index in [2.05, 4.69) is 10.5 Å². The minimum atomic E-state index is -0.293. The average Bonchev–Trinajstić information content (AvgIpc) is 3.31. The van der Waals surface area contributed by atoms with E-state index in [1.807, 2.05) is 48.5 Å². The highest BCUT2D eigenvalue weighted by Gasteiger charge is 2.27. The molecule has 1 N–H and O–H groups in total. The summed E-state index contributed by atoms with van der Waals surface area (Å²) >= 11 is 12.2. The predicted octanol–water partition coefficient (Wildman–Crippen LogP) is 5.14. The summed E-state index contributed by atoms with van der Waals surface area (Å²) in [5, 5.41) is 6.00. The number of ether oxygens (including phenoxy) is 1. The molecule has 0 fully saturated rings. The number of nitrogens with zero attached hydrogens (tertiary/aromatic N) is 3. The van der Waals surface area contributed by atoms with Gasteiger partial charge in [0.25, 0.3) is 5.56 Å². The van der Waals surface area contributed by atoms with Crippen LogP contribution in [0.25, 0.3) is 16.6 Å². The zero-order chi connectivity index (χ0) is 22.2. The van der Waals surface area contributed by atoms with Crippen LogP contribution in [0.5, 0.6) is 5.75 Å². The number of aromatic nitrogens is 2. The van der Waals surface area contributed by atoms with Gasteiger partial charge in [-0.05, 0) is 54.1 Å². The third-order valence-electron chi connectivity index (χ3n) is 5.45. The lowest BCUT2D eigenvalue weighted by Gasteiger charge is -2.18. The number of halogens is 2. The molecule has 0 amide bonds. The van der Waals surface area contributed by atoms with Crippen molar-refractivity contribution in [3.8, 4) is 11.4 Å². The molecule has 0 saturated carbocycles. The van der Waals surface area contributed by atoms with Gasteiger partial charge in [0, 0.05) is 6.42 Å². The number of hydrazone groups is 1. The maximum Gasteiger partial charge on any atom is 0.266 e. The van der Waals surface area contributed by atoms with E-state index in [1.54, 1.807) is 29.9 Å². The second kappa shape index (κ2) is 8.30. The van der Waals surface area contributed by atoms with Crippen molar-refractivity contribution in [2.24, 2.45) is 5.10 Å². The molecule has 8 heteroatoms. The van der Waals surface area contributed by atoms with Gasteiger partial charge in [-0.25, -0.2) is 4.98 Å². The Morgan fingerprint density at radius 2 is 1.81 bits per heavy atom. The maximum atomic E-state index is 13.5. The van der Waals surface area contributed by atoms with Gasteiger partial charge in [-0.1, -0.05) is 41.4 Å². The molecule has 1 aromatic heterocycles. The Morgan fingerprint density at radius 1 is 1.03 bits per heavy atom. The molecule has 0 radical (unpaired) electrons. The number of hydrogen-bond acceptors (Lipinski definition) is 5. The molecular weight excluding hydrogens is 447 g/mol. The van der Waals surface area contributed by atoms with E-state index in [4.69, 9.17) is 32.9 Å². The number of methoxy groups -OCH3 is 1. The third-order valence-corrected chi connectivity index (χ3v) is 6.19. The summed E-state index contributed by atoms with van der Waals surface area (Å²) in [5.41, 5.74) is 6.04. The molecule has 160 valence electrons. The molecule has 2 heterocycles. The van der Waals surface area contributed by atoms with Crippen molar-refractivity contribution >= 4 is 39.8 Å². The average molecular weight is 465 g/mol. The van der Waals surface area contributed by atoms with Crippen molar-refractivity contribution < 1.29 is 4.74 Å². The van der Waals surface area contributed by atoms with Crippen LogP contribution >= 0.6 is 23.2 Å². The fourth-order valence-corrected chi connectivity index (χ4v) is 4.11. The number of fused-ring (bicyclic) bond motifs is 1. The van der Waals surface area contributed by atoms with Gasteiger partial charge in [-0.3, -0.25) is 14.8 Å². The van der Waals surface area contributed by atoms with Crippen LogP contribution in [-0.2, 0) is 0 Å². The molecule has 1 aliphatic heterocycles. The molecule has 0 bridgehead atoms. The van der Waals surface area contributed by atoms with Gasteiger partial charge in [0.1, 0.15) is 17.6 Å². The number of nitrogens with one attached hydrogen (secondary N) is 1. The lowest BCUT2D eigenvalue weighted by Crippen LogP contribution is -2.28. The lowest BCUT2D eigenvalue weighted by atomic mass is 10.0. The molecule has 0 aliphatic carbocycles. The lowest BCUT2D eigenvalue weighted by molar-refractivity contribution is 0.414. The van der Waals surface area contributed by atoms with E-state index in [9.17, 15) is 4.79 Å². The SMILES string of the molecule is COc1ccc(-n2c(C3CC(c4ccc(Cl)c(Cl)c4)=NN3)nc3ccccc3c2=O)cc1. The molecule has 1 unspecified atom stereocenters. The Kier molecular flexibility index (Phi) is 5.33. The minimum absolute atomic E-state index is 0.138. The van der Waals surface area contributed by atoms with E-state index in [0.717, 1.165) is 11.3 Å². The zero-order valence-corrected chi connectivity index (χ0v) is 18.6. The molecule has 5 rings (SSSR count). The first-order valence-electron chi connectivity index (χ1n) is 9.99. The van der Waals surface area contributed by atoms with Gasteiger partial charge in [-0.2, -0.15) is 5.10 Å². The van der Waals surface area contributed by atoms with Crippen molar-refractivity contribution in [2.45, 2.75) is 12.5 Å². The third kappa shape index (κ3) is 3.61. The van der Waals surface area contributed by atoms with Crippen LogP contribution in [0, 0.1) is 0 Å². The smallest absolute Gasteiger partial charge is 0.266 e. The highest BCUT2D eigenvalue weighted by atomic mass is 35.5. The summed E-state index contributed by atoms with van der Waals surface area (Å²) in [7, 11) is 1.61. The zero-order valence-electron chi connectivity index (χ0n) is 17.0. The molecule has 4 aromatic rings. The van der Waals surface area contributed by atoms with Crippen LogP contribution in [0.1, 0.15) is 23.9 Å². The van der Waals surface area contributed by atoms with E-state index in [1.165, 1.54) is 0 Å². The fraction of sp³-hybridized carbons (Fsp3) is 0.125. The van der Waals surface area contributed by atoms with Crippen LogP contribution in [0.2, 0.25) is 10.0 Å². The number of benzene rings is 3.